The molecule has 0 unspecified atom stereocenters. The molecule has 2 rings (SSSR count). The van der Waals surface area contributed by atoms with E-state index < -0.39 is 5.97 Å². The van der Waals surface area contributed by atoms with Crippen LogP contribution in [0.1, 0.15) is 0 Å². The number of aliphatic carboxylic acids is 1. The summed E-state index contributed by atoms with van der Waals surface area (Å²) in [4.78, 5) is 10.4. The van der Waals surface area contributed by atoms with Crippen LogP contribution in [0.15, 0.2) is 25.0 Å². The lowest BCUT2D eigenvalue weighted by Crippen LogP contribution is -2.08. The molecule has 0 bridgehead atoms. The van der Waals surface area contributed by atoms with Crippen LogP contribution in [-0.4, -0.2) is 35.6 Å². The van der Waals surface area contributed by atoms with Gasteiger partial charge in [0.15, 0.2) is 0 Å². The topological polar surface area (TPSA) is 85.8 Å². The Morgan fingerprint density at radius 3 is 2.79 bits per heavy atom. The highest BCUT2D eigenvalue weighted by atomic mass is 16.4. The van der Waals surface area contributed by atoms with Crippen molar-refractivity contribution in [1.29, 1.82) is 0 Å². The quantitative estimate of drug-likeness (QED) is 0.713. The Balaban J connectivity index is 2.22. The van der Waals surface area contributed by atoms with Crippen molar-refractivity contribution in [3.63, 3.8) is 0 Å². The van der Waals surface area contributed by atoms with Crippen LogP contribution < -0.4 is 0 Å². The third-order valence-corrected chi connectivity index (χ3v) is 1.63. The predicted octanol–water partition coefficient (Wildman–Crippen LogP) is -0.452. The predicted molar refractivity (Wildman–Crippen MR) is 44.8 cm³/mol. The standard InChI is InChI=1S/C7H7N5O2/c13-7(14)3-12-2-6(1-10-12)11-4-8-9-5-11/h1-2,4-5H,3H2,(H,13,14). The summed E-state index contributed by atoms with van der Waals surface area (Å²) < 4.78 is 2.98. The number of rotatable bonds is 3. The van der Waals surface area contributed by atoms with Gasteiger partial charge in [-0.05, 0) is 0 Å². The molecular formula is C7H7N5O2. The molecule has 0 aliphatic rings. The maximum atomic E-state index is 10.4. The van der Waals surface area contributed by atoms with E-state index in [1.807, 2.05) is 0 Å². The lowest BCUT2D eigenvalue weighted by Gasteiger charge is -1.94. The summed E-state index contributed by atoms with van der Waals surface area (Å²) in [7, 11) is 0. The van der Waals surface area contributed by atoms with E-state index in [4.69, 9.17) is 5.11 Å². The number of aromatic nitrogens is 5. The molecule has 7 heteroatoms. The van der Waals surface area contributed by atoms with Gasteiger partial charge < -0.3 is 5.11 Å². The molecule has 72 valence electrons. The number of carboxylic acid groups (broad SMARTS) is 1. The van der Waals surface area contributed by atoms with Gasteiger partial charge in [0.05, 0.1) is 11.9 Å². The van der Waals surface area contributed by atoms with Crippen molar-refractivity contribution in [2.75, 3.05) is 0 Å². The monoisotopic (exact) mass is 193 g/mol. The Kier molecular flexibility index (Phi) is 1.98. The van der Waals surface area contributed by atoms with Crippen LogP contribution in [0.3, 0.4) is 0 Å². The van der Waals surface area contributed by atoms with Crippen LogP contribution in [0, 0.1) is 0 Å². The van der Waals surface area contributed by atoms with E-state index in [-0.39, 0.29) is 6.54 Å². The molecule has 0 atom stereocenters. The molecule has 1 N–H and O–H groups in total. The smallest absolute Gasteiger partial charge is 0.325 e. The van der Waals surface area contributed by atoms with Crippen LogP contribution in [0.4, 0.5) is 0 Å². The Morgan fingerprint density at radius 1 is 1.43 bits per heavy atom. The third kappa shape index (κ3) is 1.60. The van der Waals surface area contributed by atoms with Crippen LogP contribution >= 0.6 is 0 Å². The Labute approximate surface area is 78.6 Å². The summed E-state index contributed by atoms with van der Waals surface area (Å²) >= 11 is 0. The number of carboxylic acids is 1. The first-order valence-corrected chi connectivity index (χ1v) is 3.85. The van der Waals surface area contributed by atoms with E-state index in [2.05, 4.69) is 15.3 Å². The van der Waals surface area contributed by atoms with Gasteiger partial charge in [-0.2, -0.15) is 5.10 Å². The van der Waals surface area contributed by atoms with Crippen molar-refractivity contribution in [3.05, 3.63) is 25.0 Å². The van der Waals surface area contributed by atoms with E-state index in [1.165, 1.54) is 17.3 Å². The lowest BCUT2D eigenvalue weighted by atomic mass is 10.5. The van der Waals surface area contributed by atoms with Gasteiger partial charge in [0.2, 0.25) is 0 Å². The number of carbonyl (C=O) groups is 1. The average Bonchev–Trinajstić information content (AvgIpc) is 2.69. The Hall–Kier alpha value is -2.18. The Morgan fingerprint density at radius 2 is 2.14 bits per heavy atom. The average molecular weight is 193 g/mol. The number of nitrogens with zero attached hydrogens (tertiary/aromatic N) is 5. The van der Waals surface area contributed by atoms with Gasteiger partial charge in [0.1, 0.15) is 19.2 Å². The van der Waals surface area contributed by atoms with Crippen LogP contribution in [0.5, 0.6) is 0 Å². The van der Waals surface area contributed by atoms with Crippen LogP contribution in [-0.2, 0) is 11.3 Å². The molecule has 0 aliphatic carbocycles. The third-order valence-electron chi connectivity index (χ3n) is 1.63. The molecule has 14 heavy (non-hydrogen) atoms. The van der Waals surface area contributed by atoms with Gasteiger partial charge in [-0.15, -0.1) is 10.2 Å². The molecule has 0 spiro atoms. The fourth-order valence-corrected chi connectivity index (χ4v) is 1.05. The number of hydrogen-bond donors (Lipinski definition) is 1. The summed E-state index contributed by atoms with van der Waals surface area (Å²) in [6, 6.07) is 0. The molecule has 0 radical (unpaired) electrons. The normalized spacial score (nSPS) is 10.3. The van der Waals surface area contributed by atoms with Crippen molar-refractivity contribution in [2.24, 2.45) is 0 Å². The van der Waals surface area contributed by atoms with Gasteiger partial charge in [-0.3, -0.25) is 14.0 Å². The summed E-state index contributed by atoms with van der Waals surface area (Å²) in [5, 5.41) is 19.6. The van der Waals surface area contributed by atoms with E-state index >= 15 is 0 Å². The number of hydrogen-bond acceptors (Lipinski definition) is 4. The Bertz CT molecular complexity index is 433. The highest BCUT2D eigenvalue weighted by Gasteiger charge is 2.03. The molecule has 0 aliphatic heterocycles. The zero-order valence-electron chi connectivity index (χ0n) is 7.11. The van der Waals surface area contributed by atoms with Crippen molar-refractivity contribution >= 4 is 5.97 Å². The molecule has 2 aromatic heterocycles. The second-order valence-corrected chi connectivity index (χ2v) is 2.66. The maximum Gasteiger partial charge on any atom is 0.325 e. The fraction of sp³-hybridized carbons (Fsp3) is 0.143. The minimum atomic E-state index is -0.927. The van der Waals surface area contributed by atoms with Gasteiger partial charge in [0, 0.05) is 6.20 Å². The van der Waals surface area contributed by atoms with Crippen molar-refractivity contribution in [2.45, 2.75) is 6.54 Å². The van der Waals surface area contributed by atoms with Crippen molar-refractivity contribution < 1.29 is 9.90 Å². The van der Waals surface area contributed by atoms with E-state index in [0.717, 1.165) is 5.69 Å². The van der Waals surface area contributed by atoms with Crippen molar-refractivity contribution in [1.82, 2.24) is 24.5 Å². The molecule has 2 heterocycles. The maximum absolute atomic E-state index is 10.4. The van der Waals surface area contributed by atoms with Crippen molar-refractivity contribution in [3.8, 4) is 5.69 Å². The van der Waals surface area contributed by atoms with Gasteiger partial charge >= 0.3 is 5.97 Å². The first-order chi connectivity index (χ1) is 6.75. The van der Waals surface area contributed by atoms with Crippen LogP contribution in [0.2, 0.25) is 0 Å². The molecule has 7 nitrogen and oxygen atoms in total. The van der Waals surface area contributed by atoms with E-state index in [0.29, 0.717) is 0 Å². The highest BCUT2D eigenvalue weighted by molar-refractivity contribution is 5.66. The fourth-order valence-electron chi connectivity index (χ4n) is 1.05. The summed E-state index contributed by atoms with van der Waals surface area (Å²) in [5.41, 5.74) is 0.733. The summed E-state index contributed by atoms with van der Waals surface area (Å²) in [5.74, 6) is -0.927. The first-order valence-electron chi connectivity index (χ1n) is 3.85. The lowest BCUT2D eigenvalue weighted by molar-refractivity contribution is -0.137. The minimum absolute atomic E-state index is 0.151. The minimum Gasteiger partial charge on any atom is -0.480 e. The van der Waals surface area contributed by atoms with E-state index in [1.54, 1.807) is 17.0 Å². The van der Waals surface area contributed by atoms with E-state index in [9.17, 15) is 4.79 Å². The highest BCUT2D eigenvalue weighted by Crippen LogP contribution is 2.03. The zero-order valence-corrected chi connectivity index (χ0v) is 7.11. The molecule has 0 fully saturated rings. The molecule has 2 aromatic rings. The van der Waals surface area contributed by atoms with Gasteiger partial charge in [-0.1, -0.05) is 0 Å². The molecule has 0 saturated heterocycles. The van der Waals surface area contributed by atoms with Gasteiger partial charge in [-0.25, -0.2) is 0 Å². The second kappa shape index (κ2) is 3.29. The molecule has 0 amide bonds. The summed E-state index contributed by atoms with van der Waals surface area (Å²) in [6.07, 6.45) is 6.19. The molecular weight excluding hydrogens is 186 g/mol. The summed E-state index contributed by atoms with van der Waals surface area (Å²) in [6.45, 7) is -0.151. The van der Waals surface area contributed by atoms with Gasteiger partial charge in [0.25, 0.3) is 0 Å². The second-order valence-electron chi connectivity index (χ2n) is 2.66. The molecule has 0 aromatic carbocycles. The zero-order chi connectivity index (χ0) is 9.97. The SMILES string of the molecule is O=C(O)Cn1cc(-n2cnnc2)cn1. The molecule has 0 saturated carbocycles. The first kappa shape index (κ1) is 8.42. The largest absolute Gasteiger partial charge is 0.480 e. The van der Waals surface area contributed by atoms with Crippen LogP contribution in [0.25, 0.3) is 5.69 Å².